The second kappa shape index (κ2) is 25.4. The number of quaternary nitrogens is 1. The van der Waals surface area contributed by atoms with E-state index in [9.17, 15) is 0 Å². The molecular weight excluding hydrogens is 450 g/mol. The molecule has 0 aromatic heterocycles. The number of rotatable bonds is 25. The molecule has 0 rings (SSSR count). The molecule has 33 heavy (non-hydrogen) atoms. The van der Waals surface area contributed by atoms with Crippen molar-refractivity contribution < 1.29 is 30.3 Å². The van der Waals surface area contributed by atoms with Gasteiger partial charge < -0.3 is 30.3 Å². The number of halogens is 1. The molecule has 0 aromatic carbocycles. The van der Waals surface area contributed by atoms with Gasteiger partial charge in [-0.15, -0.1) is 0 Å². The van der Waals surface area contributed by atoms with Gasteiger partial charge in [-0.3, -0.25) is 0 Å². The van der Waals surface area contributed by atoms with Crippen molar-refractivity contribution in [1.29, 1.82) is 0 Å². The summed E-state index contributed by atoms with van der Waals surface area (Å²) in [5, 5.41) is 0. The lowest BCUT2D eigenvalue weighted by Gasteiger charge is -2.37. The van der Waals surface area contributed by atoms with Crippen molar-refractivity contribution in [1.82, 2.24) is 0 Å². The van der Waals surface area contributed by atoms with Crippen molar-refractivity contribution in [3.05, 3.63) is 0 Å². The summed E-state index contributed by atoms with van der Waals surface area (Å²) >= 11 is 0. The van der Waals surface area contributed by atoms with Gasteiger partial charge in [0.05, 0.1) is 12.6 Å². The summed E-state index contributed by atoms with van der Waals surface area (Å²) in [6.07, 6.45) is 25.7. The van der Waals surface area contributed by atoms with Crippen LogP contribution in [-0.2, 0) is 13.3 Å². The van der Waals surface area contributed by atoms with Crippen molar-refractivity contribution in [2.24, 2.45) is 0 Å². The summed E-state index contributed by atoms with van der Waals surface area (Å²) in [5.74, 6) is 0. The predicted octanol–water partition coefficient (Wildman–Crippen LogP) is 4.09. The summed E-state index contributed by atoms with van der Waals surface area (Å²) < 4.78 is 19.3. The molecule has 0 aliphatic heterocycles. The van der Waals surface area contributed by atoms with Gasteiger partial charge in [0, 0.05) is 21.3 Å². The zero-order valence-electron chi connectivity index (χ0n) is 23.3. The highest BCUT2D eigenvalue weighted by Crippen LogP contribution is 2.15. The first-order valence-corrected chi connectivity index (χ1v) is 15.9. The van der Waals surface area contributed by atoms with Crippen LogP contribution in [0, 0.1) is 0 Å². The van der Waals surface area contributed by atoms with Gasteiger partial charge in [-0.05, 0) is 32.1 Å². The average molecular weight is 510 g/mol. The Kier molecular flexibility index (Phi) is 27.4. The van der Waals surface area contributed by atoms with Gasteiger partial charge in [-0.2, -0.15) is 0 Å². The molecule has 1 unspecified atom stereocenters. The Balaban J connectivity index is 0. The van der Waals surface area contributed by atoms with Crippen molar-refractivity contribution in [2.75, 3.05) is 27.9 Å². The minimum absolute atomic E-state index is 0. The molecule has 0 radical (unpaired) electrons. The van der Waals surface area contributed by atoms with Crippen LogP contribution < -0.4 is 17.0 Å². The van der Waals surface area contributed by atoms with Gasteiger partial charge in [0.2, 0.25) is 0 Å². The molecule has 0 spiro atoms. The Bertz CT molecular complexity index is 358. The standard InChI is InChI=1S/C27H59NO3Si.ClH/c1-7-10-12-14-16-18-20-22-24-27(25-23-21-19-17-15-13-11-8-2)28(26-9-3)32(29-4,30-5)31-6;/h27H,7-26H2,1-6H3;1H. The number of hydrogen-bond donors (Lipinski definition) is 1. The molecule has 0 amide bonds. The smallest absolute Gasteiger partial charge is 0.782 e. The Morgan fingerprint density at radius 3 is 1.15 bits per heavy atom. The summed E-state index contributed by atoms with van der Waals surface area (Å²) in [7, 11) is 2.63. The highest BCUT2D eigenvalue weighted by atomic mass is 35.5. The highest BCUT2D eigenvalue weighted by molar-refractivity contribution is 6.51. The van der Waals surface area contributed by atoms with Crippen molar-refractivity contribution in [3.63, 3.8) is 0 Å². The molecule has 0 fully saturated rings. The molecule has 0 aliphatic rings. The topological polar surface area (TPSA) is 32.1 Å². The predicted molar refractivity (Wildman–Crippen MR) is 141 cm³/mol. The Morgan fingerprint density at radius 2 is 0.848 bits per heavy atom. The van der Waals surface area contributed by atoms with Crippen LogP contribution in [0.3, 0.4) is 0 Å². The fraction of sp³-hybridized carbons (Fsp3) is 1.00. The van der Waals surface area contributed by atoms with Crippen molar-refractivity contribution >= 4 is 8.97 Å². The van der Waals surface area contributed by atoms with Crippen LogP contribution in [0.15, 0.2) is 0 Å². The van der Waals surface area contributed by atoms with Crippen molar-refractivity contribution in [2.45, 2.75) is 149 Å². The zero-order valence-corrected chi connectivity index (χ0v) is 25.1. The van der Waals surface area contributed by atoms with Crippen LogP contribution in [0.1, 0.15) is 143 Å². The molecule has 0 heterocycles. The third-order valence-corrected chi connectivity index (χ3v) is 10.1. The maximum Gasteiger partial charge on any atom is 0.782 e. The van der Waals surface area contributed by atoms with E-state index in [0.717, 1.165) is 13.0 Å². The van der Waals surface area contributed by atoms with Gasteiger partial charge in [-0.25, -0.2) is 0 Å². The molecule has 6 heteroatoms. The van der Waals surface area contributed by atoms with E-state index in [4.69, 9.17) is 13.3 Å². The normalized spacial score (nSPS) is 12.8. The first-order chi connectivity index (χ1) is 15.7. The summed E-state index contributed by atoms with van der Waals surface area (Å²) in [5.41, 5.74) is 0. The van der Waals surface area contributed by atoms with E-state index in [1.54, 1.807) is 21.3 Å². The van der Waals surface area contributed by atoms with E-state index in [1.807, 2.05) is 0 Å². The third kappa shape index (κ3) is 16.6. The van der Waals surface area contributed by atoms with Gasteiger partial charge in [-0.1, -0.05) is 111 Å². The molecule has 4 nitrogen and oxygen atoms in total. The SMILES string of the molecule is CCCCCCCCCCC(CCCCCCCCCC)[NH+](CCC)[Si](OC)(OC)OC.[Cl-]. The van der Waals surface area contributed by atoms with E-state index < -0.39 is 8.97 Å². The number of nitrogens with one attached hydrogen (secondary N) is 1. The van der Waals surface area contributed by atoms with Crippen LogP contribution in [-0.4, -0.2) is 42.9 Å². The molecule has 1 N–H and O–H groups in total. The molecule has 0 aromatic rings. The van der Waals surface area contributed by atoms with E-state index in [-0.39, 0.29) is 12.4 Å². The van der Waals surface area contributed by atoms with Crippen LogP contribution in [0.5, 0.6) is 0 Å². The van der Waals surface area contributed by atoms with Crippen LogP contribution in [0.2, 0.25) is 0 Å². The molecule has 0 saturated heterocycles. The van der Waals surface area contributed by atoms with E-state index >= 15 is 0 Å². The zero-order chi connectivity index (χ0) is 23.9. The second-order valence-corrected chi connectivity index (χ2v) is 12.6. The van der Waals surface area contributed by atoms with Crippen LogP contribution in [0.25, 0.3) is 0 Å². The minimum Gasteiger partial charge on any atom is -1.00 e. The van der Waals surface area contributed by atoms with E-state index in [0.29, 0.717) is 6.04 Å². The first-order valence-electron chi connectivity index (χ1n) is 14.2. The van der Waals surface area contributed by atoms with E-state index in [2.05, 4.69) is 20.8 Å². The first kappa shape index (κ1) is 35.5. The maximum atomic E-state index is 5.95. The number of hydrogen-bond acceptors (Lipinski definition) is 3. The lowest BCUT2D eigenvalue weighted by molar-refractivity contribution is -0.854. The van der Waals surface area contributed by atoms with Crippen LogP contribution in [0.4, 0.5) is 0 Å². The fourth-order valence-corrected chi connectivity index (χ4v) is 7.69. The Hall–Kier alpha value is 0.347. The third-order valence-electron chi connectivity index (χ3n) is 7.02. The van der Waals surface area contributed by atoms with Crippen LogP contribution >= 0.6 is 0 Å². The van der Waals surface area contributed by atoms with Gasteiger partial charge in [0.15, 0.2) is 0 Å². The minimum atomic E-state index is -2.69. The molecule has 0 bridgehead atoms. The average Bonchev–Trinajstić information content (AvgIpc) is 2.82. The monoisotopic (exact) mass is 509 g/mol. The molecule has 0 aliphatic carbocycles. The second-order valence-electron chi connectivity index (χ2n) is 9.67. The van der Waals surface area contributed by atoms with Gasteiger partial charge in [0.1, 0.15) is 0 Å². The quantitative estimate of drug-likeness (QED) is 0.148. The summed E-state index contributed by atoms with van der Waals surface area (Å²) in [4.78, 5) is 0. The Morgan fingerprint density at radius 1 is 0.515 bits per heavy atom. The molecule has 202 valence electrons. The highest BCUT2D eigenvalue weighted by Gasteiger charge is 2.57. The van der Waals surface area contributed by atoms with Gasteiger partial charge in [0.25, 0.3) is 0 Å². The Labute approximate surface area is 215 Å². The van der Waals surface area contributed by atoms with Crippen molar-refractivity contribution in [3.8, 4) is 0 Å². The maximum absolute atomic E-state index is 5.95. The molecule has 0 saturated carbocycles. The lowest BCUT2D eigenvalue weighted by Crippen LogP contribution is -3.27. The summed E-state index contributed by atoms with van der Waals surface area (Å²) in [6.45, 7) is 7.92. The van der Waals surface area contributed by atoms with E-state index in [1.165, 1.54) is 120 Å². The number of unbranched alkanes of at least 4 members (excludes halogenated alkanes) is 14. The molecular formula is C27H60ClNO3Si. The molecule has 1 atom stereocenters. The van der Waals surface area contributed by atoms with Gasteiger partial charge >= 0.3 is 8.97 Å². The fourth-order valence-electron chi connectivity index (χ4n) is 5.06. The summed E-state index contributed by atoms with van der Waals surface area (Å²) in [6, 6.07) is 0.585. The lowest BCUT2D eigenvalue weighted by atomic mass is 9.99. The largest absolute Gasteiger partial charge is 1.00 e.